The highest BCUT2D eigenvalue weighted by molar-refractivity contribution is 5.81. The lowest BCUT2D eigenvalue weighted by atomic mass is 9.99. The van der Waals surface area contributed by atoms with Crippen LogP contribution in [0.4, 0.5) is 4.39 Å². The van der Waals surface area contributed by atoms with Gasteiger partial charge in [0.05, 0.1) is 17.7 Å². The molecule has 1 atom stereocenters. The van der Waals surface area contributed by atoms with Gasteiger partial charge in [0, 0.05) is 13.6 Å². The van der Waals surface area contributed by atoms with Crippen molar-refractivity contribution >= 4 is 5.91 Å². The summed E-state index contributed by atoms with van der Waals surface area (Å²) < 4.78 is 13.4. The quantitative estimate of drug-likeness (QED) is 0.915. The summed E-state index contributed by atoms with van der Waals surface area (Å²) in [6.45, 7) is 1.22. The van der Waals surface area contributed by atoms with Crippen molar-refractivity contribution in [3.8, 4) is 6.07 Å². The third-order valence-electron chi connectivity index (χ3n) is 3.72. The van der Waals surface area contributed by atoms with Crippen LogP contribution < -0.4 is 5.32 Å². The molecule has 2 rings (SSSR count). The van der Waals surface area contributed by atoms with Crippen LogP contribution in [0.2, 0.25) is 0 Å². The number of likely N-dealkylation sites (N-methyl/N-ethyl adjacent to an activating group) is 1. The summed E-state index contributed by atoms with van der Waals surface area (Å²) in [5.41, 5.74) is 1.11. The standard InChI is InChI=1S/C15H18FN3O/c1-18-15(20)14-4-2-3-7-19(14)10-12-8-13(16)6-5-11(12)9-17/h5-6,8,14H,2-4,7,10H2,1H3,(H,18,20). The maximum Gasteiger partial charge on any atom is 0.237 e. The van der Waals surface area contributed by atoms with Crippen molar-refractivity contribution in [2.45, 2.75) is 31.8 Å². The smallest absolute Gasteiger partial charge is 0.237 e. The Bertz CT molecular complexity index is 538. The summed E-state index contributed by atoms with van der Waals surface area (Å²) in [6.07, 6.45) is 2.84. The molecule has 1 aliphatic rings. The predicted molar refractivity (Wildman–Crippen MR) is 73.2 cm³/mol. The predicted octanol–water partition coefficient (Wildman–Crippen LogP) is 1.80. The minimum Gasteiger partial charge on any atom is -0.358 e. The van der Waals surface area contributed by atoms with E-state index in [4.69, 9.17) is 5.26 Å². The number of halogens is 1. The average Bonchev–Trinajstić information content (AvgIpc) is 2.47. The molecule has 106 valence electrons. The van der Waals surface area contributed by atoms with Gasteiger partial charge in [-0.15, -0.1) is 0 Å². The second-order valence-corrected chi connectivity index (χ2v) is 5.01. The van der Waals surface area contributed by atoms with Crippen molar-refractivity contribution in [3.05, 3.63) is 35.1 Å². The summed E-state index contributed by atoms with van der Waals surface area (Å²) in [6, 6.07) is 6.04. The molecule has 1 N–H and O–H groups in total. The van der Waals surface area contributed by atoms with E-state index in [9.17, 15) is 9.18 Å². The van der Waals surface area contributed by atoms with Gasteiger partial charge in [-0.3, -0.25) is 9.69 Å². The van der Waals surface area contributed by atoms with Gasteiger partial charge in [-0.05, 0) is 43.1 Å². The molecule has 1 aliphatic heterocycles. The molecule has 1 unspecified atom stereocenters. The first-order valence-corrected chi connectivity index (χ1v) is 6.80. The van der Waals surface area contributed by atoms with Crippen molar-refractivity contribution in [3.63, 3.8) is 0 Å². The second-order valence-electron chi connectivity index (χ2n) is 5.01. The van der Waals surface area contributed by atoms with E-state index < -0.39 is 0 Å². The van der Waals surface area contributed by atoms with Gasteiger partial charge in [-0.25, -0.2) is 4.39 Å². The summed E-state index contributed by atoms with van der Waals surface area (Å²) in [7, 11) is 1.62. The zero-order chi connectivity index (χ0) is 14.5. The molecule has 0 bridgehead atoms. The lowest BCUT2D eigenvalue weighted by Gasteiger charge is -2.34. The van der Waals surface area contributed by atoms with Crippen LogP contribution >= 0.6 is 0 Å². The molecule has 0 aliphatic carbocycles. The monoisotopic (exact) mass is 275 g/mol. The highest BCUT2D eigenvalue weighted by atomic mass is 19.1. The highest BCUT2D eigenvalue weighted by Gasteiger charge is 2.28. The number of hydrogen-bond acceptors (Lipinski definition) is 3. The minimum atomic E-state index is -0.354. The molecule has 1 amide bonds. The molecule has 1 aromatic rings. The Labute approximate surface area is 118 Å². The van der Waals surface area contributed by atoms with Gasteiger partial charge in [0.15, 0.2) is 0 Å². The minimum absolute atomic E-state index is 0.0142. The van der Waals surface area contributed by atoms with Crippen molar-refractivity contribution in [1.82, 2.24) is 10.2 Å². The van der Waals surface area contributed by atoms with Crippen LogP contribution in [0.1, 0.15) is 30.4 Å². The largest absolute Gasteiger partial charge is 0.358 e. The van der Waals surface area contributed by atoms with E-state index in [-0.39, 0.29) is 17.8 Å². The Balaban J connectivity index is 2.21. The molecule has 0 radical (unpaired) electrons. The Kier molecular flexibility index (Phi) is 4.70. The zero-order valence-corrected chi connectivity index (χ0v) is 11.5. The molecular weight excluding hydrogens is 257 g/mol. The van der Waals surface area contributed by atoms with Crippen molar-refractivity contribution in [1.29, 1.82) is 5.26 Å². The summed E-state index contributed by atoms with van der Waals surface area (Å²) >= 11 is 0. The van der Waals surface area contributed by atoms with Crippen molar-refractivity contribution in [2.24, 2.45) is 0 Å². The number of amides is 1. The fourth-order valence-electron chi connectivity index (χ4n) is 2.66. The van der Waals surface area contributed by atoms with Gasteiger partial charge in [0.1, 0.15) is 5.82 Å². The van der Waals surface area contributed by atoms with Crippen LogP contribution in [0, 0.1) is 17.1 Å². The van der Waals surface area contributed by atoms with E-state index in [0.717, 1.165) is 25.8 Å². The first kappa shape index (κ1) is 14.5. The Morgan fingerprint density at radius 1 is 1.55 bits per heavy atom. The van der Waals surface area contributed by atoms with Gasteiger partial charge in [0.2, 0.25) is 5.91 Å². The van der Waals surface area contributed by atoms with Crippen LogP contribution in [0.5, 0.6) is 0 Å². The molecule has 0 spiro atoms. The van der Waals surface area contributed by atoms with Gasteiger partial charge in [0.25, 0.3) is 0 Å². The zero-order valence-electron chi connectivity index (χ0n) is 11.5. The first-order valence-electron chi connectivity index (χ1n) is 6.80. The molecule has 5 heteroatoms. The number of carbonyl (C=O) groups excluding carboxylic acids is 1. The van der Waals surface area contributed by atoms with Gasteiger partial charge in [-0.1, -0.05) is 6.42 Å². The van der Waals surface area contributed by atoms with E-state index in [1.54, 1.807) is 7.05 Å². The van der Waals surface area contributed by atoms with Gasteiger partial charge >= 0.3 is 0 Å². The van der Waals surface area contributed by atoms with Crippen LogP contribution in [-0.4, -0.2) is 30.4 Å². The number of nitrogens with zero attached hydrogens (tertiary/aromatic N) is 2. The number of rotatable bonds is 3. The molecule has 20 heavy (non-hydrogen) atoms. The SMILES string of the molecule is CNC(=O)C1CCCCN1Cc1cc(F)ccc1C#N. The number of piperidine rings is 1. The van der Waals surface area contributed by atoms with Crippen LogP contribution in [0.25, 0.3) is 0 Å². The van der Waals surface area contributed by atoms with Crippen molar-refractivity contribution in [2.75, 3.05) is 13.6 Å². The second kappa shape index (κ2) is 6.49. The highest BCUT2D eigenvalue weighted by Crippen LogP contribution is 2.21. The fourth-order valence-corrected chi connectivity index (χ4v) is 2.66. The van der Waals surface area contributed by atoms with Crippen molar-refractivity contribution < 1.29 is 9.18 Å². The number of nitrogens with one attached hydrogen (secondary N) is 1. The number of likely N-dealkylation sites (tertiary alicyclic amines) is 1. The normalized spacial score (nSPS) is 19.4. The fraction of sp³-hybridized carbons (Fsp3) is 0.467. The Morgan fingerprint density at radius 2 is 2.35 bits per heavy atom. The molecule has 1 heterocycles. The summed E-state index contributed by atoms with van der Waals surface area (Å²) in [4.78, 5) is 13.9. The van der Waals surface area contributed by atoms with Gasteiger partial charge in [-0.2, -0.15) is 5.26 Å². The maximum atomic E-state index is 13.4. The van der Waals surface area contributed by atoms with E-state index in [1.807, 2.05) is 4.90 Å². The lowest BCUT2D eigenvalue weighted by Crippen LogP contribution is -2.48. The van der Waals surface area contributed by atoms with E-state index in [1.165, 1.54) is 18.2 Å². The number of nitriles is 1. The summed E-state index contributed by atoms with van der Waals surface area (Å²) in [5.74, 6) is -0.368. The van der Waals surface area contributed by atoms with E-state index >= 15 is 0 Å². The molecule has 0 saturated carbocycles. The average molecular weight is 275 g/mol. The molecule has 1 fully saturated rings. The number of benzene rings is 1. The third-order valence-corrected chi connectivity index (χ3v) is 3.72. The topological polar surface area (TPSA) is 56.1 Å². The first-order chi connectivity index (χ1) is 9.65. The lowest BCUT2D eigenvalue weighted by molar-refractivity contribution is -0.127. The van der Waals surface area contributed by atoms with Crippen LogP contribution in [-0.2, 0) is 11.3 Å². The molecule has 0 aromatic heterocycles. The Morgan fingerprint density at radius 3 is 3.05 bits per heavy atom. The Hall–Kier alpha value is -1.93. The number of hydrogen-bond donors (Lipinski definition) is 1. The summed E-state index contributed by atoms with van der Waals surface area (Å²) in [5, 5.41) is 11.8. The molecular formula is C15H18FN3O. The third kappa shape index (κ3) is 3.14. The maximum absolute atomic E-state index is 13.4. The van der Waals surface area contributed by atoms with E-state index in [0.29, 0.717) is 17.7 Å². The molecule has 4 nitrogen and oxygen atoms in total. The van der Waals surface area contributed by atoms with Crippen LogP contribution in [0.15, 0.2) is 18.2 Å². The van der Waals surface area contributed by atoms with Gasteiger partial charge < -0.3 is 5.32 Å². The molecule has 1 aromatic carbocycles. The molecule has 1 saturated heterocycles. The number of carbonyl (C=O) groups is 1. The van der Waals surface area contributed by atoms with Crippen LogP contribution in [0.3, 0.4) is 0 Å². The van der Waals surface area contributed by atoms with E-state index in [2.05, 4.69) is 11.4 Å².